The molecule has 0 unspecified atom stereocenters. The Morgan fingerprint density at radius 3 is 1.57 bits per heavy atom. The molecule has 0 saturated carbocycles. The molecule has 0 aromatic carbocycles. The molecule has 0 bridgehead atoms. The van der Waals surface area contributed by atoms with Gasteiger partial charge in [-0.3, -0.25) is 20.8 Å². The van der Waals surface area contributed by atoms with Gasteiger partial charge in [0.2, 0.25) is 0 Å². The molecule has 0 aliphatic heterocycles. The molecule has 8 heteroatoms. The van der Waals surface area contributed by atoms with E-state index in [1.165, 1.54) is 6.92 Å². The minimum atomic E-state index is -0.771. The first-order valence-corrected chi connectivity index (χ1v) is 4.04. The van der Waals surface area contributed by atoms with E-state index in [1.807, 2.05) is 0 Å². The Morgan fingerprint density at radius 1 is 0.857 bits per heavy atom. The van der Waals surface area contributed by atoms with Crippen LogP contribution in [0.5, 0.6) is 0 Å². The lowest BCUT2D eigenvalue weighted by Gasteiger charge is -2.27. The van der Waals surface area contributed by atoms with Crippen molar-refractivity contribution in [3.05, 3.63) is 0 Å². The van der Waals surface area contributed by atoms with Gasteiger partial charge in [-0.25, -0.2) is 9.68 Å². The zero-order valence-corrected chi connectivity index (χ0v) is 8.23. The van der Waals surface area contributed by atoms with Gasteiger partial charge < -0.3 is 0 Å². The SMILES string of the molecule is CC(C)[C@H](ON(O)O)[C@@H](C)ON(O)O. The van der Waals surface area contributed by atoms with E-state index in [1.54, 1.807) is 13.8 Å². The smallest absolute Gasteiger partial charge is 0.115 e. The monoisotopic (exact) mass is 212 g/mol. The van der Waals surface area contributed by atoms with E-state index in [-0.39, 0.29) is 5.92 Å². The first-order valence-electron chi connectivity index (χ1n) is 4.04. The van der Waals surface area contributed by atoms with Crippen molar-refractivity contribution in [2.75, 3.05) is 0 Å². The number of hydrogen-bond acceptors (Lipinski definition) is 8. The fourth-order valence-electron chi connectivity index (χ4n) is 1.07. The summed E-state index contributed by atoms with van der Waals surface area (Å²) in [6.45, 7) is 4.97. The summed E-state index contributed by atoms with van der Waals surface area (Å²) >= 11 is 0. The van der Waals surface area contributed by atoms with Gasteiger partial charge in [0, 0.05) is 0 Å². The fraction of sp³-hybridized carbons (Fsp3) is 1.00. The summed E-state index contributed by atoms with van der Waals surface area (Å²) in [6, 6.07) is 0. The number of hydrogen-bond donors (Lipinski definition) is 4. The minimum Gasteiger partial charge on any atom is -0.266 e. The largest absolute Gasteiger partial charge is 0.266 e. The molecule has 0 rings (SSSR count). The first kappa shape index (κ1) is 13.7. The van der Waals surface area contributed by atoms with Crippen LogP contribution < -0.4 is 0 Å². The van der Waals surface area contributed by atoms with Crippen LogP contribution in [0.25, 0.3) is 0 Å². The highest BCUT2D eigenvalue weighted by Crippen LogP contribution is 2.14. The van der Waals surface area contributed by atoms with Crippen LogP contribution in [-0.2, 0) is 9.68 Å². The summed E-state index contributed by atoms with van der Waals surface area (Å²) in [7, 11) is 0. The zero-order valence-electron chi connectivity index (χ0n) is 8.23. The van der Waals surface area contributed by atoms with Gasteiger partial charge in [-0.2, -0.15) is 0 Å². The molecule has 0 aromatic heterocycles. The highest BCUT2D eigenvalue weighted by Gasteiger charge is 2.26. The Labute approximate surface area is 81.2 Å². The highest BCUT2D eigenvalue weighted by atomic mass is 17.1. The number of nitrogens with zero attached hydrogens (tertiary/aromatic N) is 2. The summed E-state index contributed by atoms with van der Waals surface area (Å²) in [6.07, 6.45) is -1.52. The van der Waals surface area contributed by atoms with Crippen molar-refractivity contribution in [1.29, 1.82) is 0 Å². The molecule has 0 amide bonds. The standard InChI is InChI=1S/C6H16N2O6/c1-4(2)6(14-8(11)12)5(3)13-7(9)10/h4-6,9-12H,1-3H3/t5-,6+/m1/s1. The van der Waals surface area contributed by atoms with E-state index < -0.39 is 23.0 Å². The van der Waals surface area contributed by atoms with Gasteiger partial charge in [0.05, 0.1) is 10.8 Å². The van der Waals surface area contributed by atoms with Crippen LogP contribution >= 0.6 is 0 Å². The van der Waals surface area contributed by atoms with Crippen LogP contribution in [0.2, 0.25) is 0 Å². The maximum absolute atomic E-state index is 8.43. The van der Waals surface area contributed by atoms with E-state index >= 15 is 0 Å². The maximum atomic E-state index is 8.43. The Bertz CT molecular complexity index is 153. The second-order valence-corrected chi connectivity index (χ2v) is 3.13. The highest BCUT2D eigenvalue weighted by molar-refractivity contribution is 4.67. The minimum absolute atomic E-state index is 0.119. The number of rotatable bonds is 6. The topological polar surface area (TPSA) is 106 Å². The molecule has 0 fully saturated rings. The van der Waals surface area contributed by atoms with Gasteiger partial charge in [-0.1, -0.05) is 13.8 Å². The Morgan fingerprint density at radius 2 is 1.29 bits per heavy atom. The molecule has 2 atom stereocenters. The van der Waals surface area contributed by atoms with Crippen molar-refractivity contribution in [3.8, 4) is 0 Å². The van der Waals surface area contributed by atoms with Crippen molar-refractivity contribution < 1.29 is 30.5 Å². The molecule has 0 aliphatic rings. The molecule has 0 spiro atoms. The fourth-order valence-corrected chi connectivity index (χ4v) is 1.07. The summed E-state index contributed by atoms with van der Waals surface area (Å²) in [5, 5.41) is 32.7. The van der Waals surface area contributed by atoms with Crippen molar-refractivity contribution >= 4 is 0 Å². The maximum Gasteiger partial charge on any atom is 0.115 e. The molecule has 86 valence electrons. The van der Waals surface area contributed by atoms with E-state index in [4.69, 9.17) is 20.8 Å². The predicted molar refractivity (Wildman–Crippen MR) is 41.1 cm³/mol. The summed E-state index contributed by atoms with van der Waals surface area (Å²) in [5.74, 6) is -0.119. The van der Waals surface area contributed by atoms with Crippen molar-refractivity contribution in [3.63, 3.8) is 0 Å². The molecular weight excluding hydrogens is 196 g/mol. The predicted octanol–water partition coefficient (Wildman–Crippen LogP) is 0.424. The second-order valence-electron chi connectivity index (χ2n) is 3.13. The van der Waals surface area contributed by atoms with E-state index in [9.17, 15) is 0 Å². The van der Waals surface area contributed by atoms with Crippen molar-refractivity contribution in [2.45, 2.75) is 33.0 Å². The quantitative estimate of drug-likeness (QED) is 0.469. The lowest BCUT2D eigenvalue weighted by atomic mass is 10.0. The molecule has 0 heterocycles. The Balaban J connectivity index is 4.18. The summed E-state index contributed by atoms with van der Waals surface area (Å²) in [4.78, 5) is 8.99. The molecule has 0 aliphatic carbocycles. The third kappa shape index (κ3) is 5.42. The van der Waals surface area contributed by atoms with Crippen LogP contribution in [0.15, 0.2) is 0 Å². The van der Waals surface area contributed by atoms with Gasteiger partial charge in [0.25, 0.3) is 0 Å². The molecular formula is C6H16N2O6. The molecule has 14 heavy (non-hydrogen) atoms. The zero-order chi connectivity index (χ0) is 11.3. The Hall–Kier alpha value is -0.320. The third-order valence-electron chi connectivity index (χ3n) is 1.60. The van der Waals surface area contributed by atoms with Crippen LogP contribution in [0.3, 0.4) is 0 Å². The van der Waals surface area contributed by atoms with Crippen molar-refractivity contribution in [1.82, 2.24) is 10.8 Å². The van der Waals surface area contributed by atoms with E-state index in [2.05, 4.69) is 9.68 Å². The third-order valence-corrected chi connectivity index (χ3v) is 1.60. The van der Waals surface area contributed by atoms with Crippen LogP contribution in [0.1, 0.15) is 20.8 Å². The van der Waals surface area contributed by atoms with E-state index in [0.717, 1.165) is 0 Å². The van der Waals surface area contributed by atoms with Gasteiger partial charge in [-0.05, 0) is 12.8 Å². The van der Waals surface area contributed by atoms with Gasteiger partial charge in [0.1, 0.15) is 12.2 Å². The molecule has 0 radical (unpaired) electrons. The van der Waals surface area contributed by atoms with Crippen molar-refractivity contribution in [2.24, 2.45) is 5.92 Å². The van der Waals surface area contributed by atoms with Gasteiger partial charge in [-0.15, -0.1) is 0 Å². The van der Waals surface area contributed by atoms with E-state index in [0.29, 0.717) is 0 Å². The average Bonchev–Trinajstić information content (AvgIpc) is 1.97. The summed E-state index contributed by atoms with van der Waals surface area (Å²) < 4.78 is 0. The normalized spacial score (nSPS) is 16.7. The lowest BCUT2D eigenvalue weighted by Crippen LogP contribution is -2.40. The molecule has 0 aromatic rings. The first-order chi connectivity index (χ1) is 6.34. The van der Waals surface area contributed by atoms with Gasteiger partial charge in [0.15, 0.2) is 0 Å². The van der Waals surface area contributed by atoms with Crippen LogP contribution in [-0.4, -0.2) is 43.8 Å². The summed E-state index contributed by atoms with van der Waals surface area (Å²) in [5.41, 5.74) is 0. The molecule has 0 saturated heterocycles. The lowest BCUT2D eigenvalue weighted by molar-refractivity contribution is -0.539. The molecule has 8 nitrogen and oxygen atoms in total. The molecule has 4 N–H and O–H groups in total. The van der Waals surface area contributed by atoms with Crippen LogP contribution in [0, 0.1) is 5.92 Å². The average molecular weight is 212 g/mol. The van der Waals surface area contributed by atoms with Crippen LogP contribution in [0.4, 0.5) is 0 Å². The van der Waals surface area contributed by atoms with Gasteiger partial charge >= 0.3 is 0 Å². The second kappa shape index (κ2) is 6.22. The Kier molecular flexibility index (Phi) is 6.08.